The second kappa shape index (κ2) is 8.14. The molecule has 1 aliphatic rings. The Morgan fingerprint density at radius 1 is 0.870 bits per heavy atom. The van der Waals surface area contributed by atoms with E-state index in [2.05, 4.69) is 24.3 Å². The van der Waals surface area contributed by atoms with Gasteiger partial charge in [-0.15, -0.1) is 0 Å². The number of hydrogen-bond donors (Lipinski definition) is 2. The average molecular weight is 312 g/mol. The summed E-state index contributed by atoms with van der Waals surface area (Å²) in [6.07, 6.45) is 3.51. The molecule has 122 valence electrons. The van der Waals surface area contributed by atoms with Crippen LogP contribution in [0, 0.1) is 0 Å². The summed E-state index contributed by atoms with van der Waals surface area (Å²) in [5.74, 6) is 0.817. The van der Waals surface area contributed by atoms with E-state index in [4.69, 9.17) is 4.74 Å². The smallest absolute Gasteiger partial charge is 0.137 e. The molecule has 3 rings (SSSR count). The highest BCUT2D eigenvalue weighted by Gasteiger charge is 2.18. The number of aliphatic hydroxyl groups is 1. The van der Waals surface area contributed by atoms with Crippen molar-refractivity contribution >= 4 is 0 Å². The first-order valence-electron chi connectivity index (χ1n) is 8.61. The monoisotopic (exact) mass is 312 g/mol. The van der Waals surface area contributed by atoms with Gasteiger partial charge in [0.25, 0.3) is 0 Å². The Morgan fingerprint density at radius 3 is 2.22 bits per heavy atom. The quantitative estimate of drug-likeness (QED) is 0.857. The van der Waals surface area contributed by atoms with Gasteiger partial charge < -0.3 is 14.7 Å². The highest BCUT2D eigenvalue weighted by molar-refractivity contribution is 5.63. The lowest BCUT2D eigenvalue weighted by molar-refractivity contribution is -0.908. The fourth-order valence-corrected chi connectivity index (χ4v) is 3.21. The van der Waals surface area contributed by atoms with Crippen LogP contribution in [-0.2, 0) is 0 Å². The number of likely N-dealkylation sites (tertiary alicyclic amines) is 1. The zero-order chi connectivity index (χ0) is 15.9. The third-order valence-electron chi connectivity index (χ3n) is 4.49. The minimum atomic E-state index is -0.392. The molecule has 0 bridgehead atoms. The first-order valence-corrected chi connectivity index (χ1v) is 8.61. The number of benzene rings is 2. The Kier molecular flexibility index (Phi) is 5.67. The van der Waals surface area contributed by atoms with Crippen molar-refractivity contribution in [1.82, 2.24) is 0 Å². The van der Waals surface area contributed by atoms with Crippen molar-refractivity contribution in [2.75, 3.05) is 26.2 Å². The van der Waals surface area contributed by atoms with Crippen molar-refractivity contribution in [2.24, 2.45) is 0 Å². The maximum atomic E-state index is 10.1. The van der Waals surface area contributed by atoms with Crippen LogP contribution in [0.15, 0.2) is 54.6 Å². The van der Waals surface area contributed by atoms with Gasteiger partial charge in [0, 0.05) is 0 Å². The summed E-state index contributed by atoms with van der Waals surface area (Å²) < 4.78 is 5.74. The third kappa shape index (κ3) is 4.81. The van der Waals surface area contributed by atoms with Gasteiger partial charge in [0.05, 0.1) is 13.1 Å². The van der Waals surface area contributed by atoms with Crippen LogP contribution in [0.5, 0.6) is 5.75 Å². The zero-order valence-corrected chi connectivity index (χ0v) is 13.6. The highest BCUT2D eigenvalue weighted by atomic mass is 16.5. The molecule has 1 fully saturated rings. The fourth-order valence-electron chi connectivity index (χ4n) is 3.21. The summed E-state index contributed by atoms with van der Waals surface area (Å²) in [6, 6.07) is 18.4. The minimum Gasteiger partial charge on any atom is -0.491 e. The van der Waals surface area contributed by atoms with Gasteiger partial charge in [-0.1, -0.05) is 42.5 Å². The maximum absolute atomic E-state index is 10.1. The Labute approximate surface area is 138 Å². The van der Waals surface area contributed by atoms with Crippen molar-refractivity contribution in [1.29, 1.82) is 0 Å². The SMILES string of the molecule is O[C@H](COc1ccc(-c2ccccc2)cc1)C[NH+]1CCCCC1. The standard InChI is InChI=1S/C20H25NO2/c22-19(15-21-13-5-2-6-14-21)16-23-20-11-9-18(10-12-20)17-7-3-1-4-8-17/h1,3-4,7-12,19,22H,2,5-6,13-16H2/p+1/t19-/m0/s1. The van der Waals surface area contributed by atoms with E-state index >= 15 is 0 Å². The number of rotatable bonds is 6. The molecule has 0 saturated carbocycles. The van der Waals surface area contributed by atoms with Gasteiger partial charge in [-0.25, -0.2) is 0 Å². The fraction of sp³-hybridized carbons (Fsp3) is 0.400. The number of nitrogens with one attached hydrogen (secondary N) is 1. The molecule has 0 radical (unpaired) electrons. The lowest BCUT2D eigenvalue weighted by Crippen LogP contribution is -3.14. The van der Waals surface area contributed by atoms with Gasteiger partial charge in [-0.2, -0.15) is 0 Å². The van der Waals surface area contributed by atoms with Crippen LogP contribution >= 0.6 is 0 Å². The summed E-state index contributed by atoms with van der Waals surface area (Å²) in [5, 5.41) is 10.1. The Hall–Kier alpha value is -1.84. The van der Waals surface area contributed by atoms with E-state index in [0.29, 0.717) is 6.61 Å². The van der Waals surface area contributed by atoms with Gasteiger partial charge >= 0.3 is 0 Å². The molecule has 0 spiro atoms. The molecule has 23 heavy (non-hydrogen) atoms. The molecule has 2 aromatic carbocycles. The summed E-state index contributed by atoms with van der Waals surface area (Å²) in [5.41, 5.74) is 2.38. The molecule has 1 heterocycles. The summed E-state index contributed by atoms with van der Waals surface area (Å²) in [4.78, 5) is 1.51. The van der Waals surface area contributed by atoms with Gasteiger partial charge in [-0.05, 0) is 42.5 Å². The number of quaternary nitrogens is 1. The van der Waals surface area contributed by atoms with E-state index in [1.54, 1.807) is 0 Å². The van der Waals surface area contributed by atoms with Crippen LogP contribution in [0.1, 0.15) is 19.3 Å². The largest absolute Gasteiger partial charge is 0.491 e. The lowest BCUT2D eigenvalue weighted by atomic mass is 10.1. The van der Waals surface area contributed by atoms with Crippen molar-refractivity contribution in [2.45, 2.75) is 25.4 Å². The summed E-state index contributed by atoms with van der Waals surface area (Å²) in [6.45, 7) is 3.53. The molecule has 0 amide bonds. The van der Waals surface area contributed by atoms with Crippen LogP contribution in [-0.4, -0.2) is 37.5 Å². The molecular formula is C20H26NO2+. The van der Waals surface area contributed by atoms with E-state index in [-0.39, 0.29) is 0 Å². The van der Waals surface area contributed by atoms with E-state index in [1.807, 2.05) is 30.3 Å². The Bertz CT molecular complexity index is 576. The van der Waals surface area contributed by atoms with Crippen LogP contribution in [0.4, 0.5) is 0 Å². The second-order valence-electron chi connectivity index (χ2n) is 6.37. The van der Waals surface area contributed by atoms with Crippen LogP contribution in [0.25, 0.3) is 11.1 Å². The van der Waals surface area contributed by atoms with Crippen LogP contribution < -0.4 is 9.64 Å². The number of ether oxygens (including phenoxy) is 1. The molecule has 0 unspecified atom stereocenters. The molecule has 2 aromatic rings. The molecule has 2 N–H and O–H groups in total. The normalized spacial score (nSPS) is 16.9. The summed E-state index contributed by atoms with van der Waals surface area (Å²) >= 11 is 0. The first-order chi connectivity index (χ1) is 11.3. The molecule has 3 nitrogen and oxygen atoms in total. The Morgan fingerprint density at radius 2 is 1.52 bits per heavy atom. The van der Waals surface area contributed by atoms with Gasteiger partial charge in [0.1, 0.15) is 25.0 Å². The van der Waals surface area contributed by atoms with E-state index in [1.165, 1.54) is 48.4 Å². The van der Waals surface area contributed by atoms with Gasteiger partial charge in [0.2, 0.25) is 0 Å². The molecular weight excluding hydrogens is 286 g/mol. The summed E-state index contributed by atoms with van der Waals surface area (Å²) in [7, 11) is 0. The molecule has 0 aromatic heterocycles. The van der Waals surface area contributed by atoms with Crippen molar-refractivity contribution in [3.63, 3.8) is 0 Å². The van der Waals surface area contributed by atoms with Crippen molar-refractivity contribution in [3.05, 3.63) is 54.6 Å². The highest BCUT2D eigenvalue weighted by Crippen LogP contribution is 2.22. The molecule has 3 heteroatoms. The van der Waals surface area contributed by atoms with E-state index in [0.717, 1.165) is 12.3 Å². The molecule has 1 atom stereocenters. The van der Waals surface area contributed by atoms with E-state index < -0.39 is 6.10 Å². The number of aliphatic hydroxyl groups excluding tert-OH is 1. The Balaban J connectivity index is 1.48. The van der Waals surface area contributed by atoms with Gasteiger partial charge in [-0.3, -0.25) is 0 Å². The second-order valence-corrected chi connectivity index (χ2v) is 6.37. The topological polar surface area (TPSA) is 33.9 Å². The third-order valence-corrected chi connectivity index (χ3v) is 4.49. The molecule has 0 aliphatic carbocycles. The predicted molar refractivity (Wildman–Crippen MR) is 92.8 cm³/mol. The predicted octanol–water partition coefficient (Wildman–Crippen LogP) is 2.16. The first kappa shape index (κ1) is 16.0. The molecule has 1 saturated heterocycles. The lowest BCUT2D eigenvalue weighted by Gasteiger charge is -2.25. The maximum Gasteiger partial charge on any atom is 0.137 e. The van der Waals surface area contributed by atoms with Gasteiger partial charge in [0.15, 0.2) is 0 Å². The molecule has 1 aliphatic heterocycles. The van der Waals surface area contributed by atoms with Crippen molar-refractivity contribution in [3.8, 4) is 16.9 Å². The minimum absolute atomic E-state index is 0.369. The van der Waals surface area contributed by atoms with E-state index in [9.17, 15) is 5.11 Å². The average Bonchev–Trinajstić information content (AvgIpc) is 2.62. The van der Waals surface area contributed by atoms with Crippen LogP contribution in [0.2, 0.25) is 0 Å². The zero-order valence-electron chi connectivity index (χ0n) is 13.6. The number of piperidine rings is 1. The van der Waals surface area contributed by atoms with Crippen molar-refractivity contribution < 1.29 is 14.7 Å². The number of hydrogen-bond acceptors (Lipinski definition) is 2. The van der Waals surface area contributed by atoms with Crippen LogP contribution in [0.3, 0.4) is 0 Å².